The van der Waals surface area contributed by atoms with Gasteiger partial charge in [0.15, 0.2) is 9.67 Å². The lowest BCUT2D eigenvalue weighted by atomic mass is 10.0. The number of rotatable bonds is 4. The van der Waals surface area contributed by atoms with E-state index in [1.165, 1.54) is 11.3 Å². The molecule has 1 fully saturated rings. The molecular formula is C19H18N2O4S2. The van der Waals surface area contributed by atoms with Crippen molar-refractivity contribution in [2.75, 3.05) is 7.11 Å². The predicted molar refractivity (Wildman–Crippen MR) is 108 cm³/mol. The quantitative estimate of drug-likeness (QED) is 0.717. The molecule has 0 amide bonds. The molecular weight excluding hydrogens is 384 g/mol. The van der Waals surface area contributed by atoms with Gasteiger partial charge in [0.2, 0.25) is 5.88 Å². The van der Waals surface area contributed by atoms with Gasteiger partial charge in [-0.05, 0) is 43.3 Å². The van der Waals surface area contributed by atoms with Crippen molar-refractivity contribution >= 4 is 52.6 Å². The summed E-state index contributed by atoms with van der Waals surface area (Å²) in [6, 6.07) is 5.46. The average Bonchev–Trinajstić information content (AvgIpc) is 3.34. The highest BCUT2D eigenvalue weighted by atomic mass is 32.1. The lowest BCUT2D eigenvalue weighted by molar-refractivity contribution is -0.129. The van der Waals surface area contributed by atoms with Crippen molar-refractivity contribution in [3.05, 3.63) is 32.6 Å². The Morgan fingerprint density at radius 3 is 2.81 bits per heavy atom. The van der Waals surface area contributed by atoms with Gasteiger partial charge in [0.1, 0.15) is 5.75 Å². The summed E-state index contributed by atoms with van der Waals surface area (Å²) < 4.78 is 7.60. The van der Waals surface area contributed by atoms with E-state index in [2.05, 4.69) is 4.99 Å². The van der Waals surface area contributed by atoms with Crippen LogP contribution in [-0.4, -0.2) is 33.6 Å². The largest absolute Gasteiger partial charge is 0.497 e. The van der Waals surface area contributed by atoms with Crippen LogP contribution in [0.2, 0.25) is 0 Å². The maximum Gasteiger partial charge on any atom is 0.355 e. The predicted octanol–water partition coefficient (Wildman–Crippen LogP) is 4.82. The number of methoxy groups -OCH3 is 1. The monoisotopic (exact) mass is 402 g/mol. The number of ether oxygens (including phenoxy) is 1. The summed E-state index contributed by atoms with van der Waals surface area (Å²) in [6.07, 6.45) is 5.93. The van der Waals surface area contributed by atoms with Gasteiger partial charge >= 0.3 is 5.97 Å². The molecule has 0 saturated heterocycles. The number of carbonyl (C=O) groups is 1. The Bertz CT molecular complexity index is 1040. The van der Waals surface area contributed by atoms with E-state index >= 15 is 0 Å². The Hall–Kier alpha value is -2.45. The summed E-state index contributed by atoms with van der Waals surface area (Å²) in [5.74, 6) is -0.403. The Balaban J connectivity index is 1.82. The lowest BCUT2D eigenvalue weighted by Gasteiger charge is -2.12. The molecule has 0 spiro atoms. The van der Waals surface area contributed by atoms with E-state index in [0.29, 0.717) is 31.4 Å². The molecule has 2 aliphatic rings. The van der Waals surface area contributed by atoms with Crippen LogP contribution in [0.15, 0.2) is 23.2 Å². The second kappa shape index (κ2) is 6.94. The van der Waals surface area contributed by atoms with E-state index in [4.69, 9.17) is 17.0 Å². The van der Waals surface area contributed by atoms with Crippen molar-refractivity contribution in [1.29, 1.82) is 0 Å². The zero-order chi connectivity index (χ0) is 19.1. The summed E-state index contributed by atoms with van der Waals surface area (Å²) in [4.78, 5) is 16.5. The highest BCUT2D eigenvalue weighted by molar-refractivity contribution is 7.73. The molecule has 27 heavy (non-hydrogen) atoms. The molecule has 2 N–H and O–H groups in total. The van der Waals surface area contributed by atoms with Gasteiger partial charge in [-0.3, -0.25) is 4.57 Å². The Labute approximate surface area is 165 Å². The molecule has 2 heterocycles. The molecule has 0 radical (unpaired) electrons. The highest BCUT2D eigenvalue weighted by Crippen LogP contribution is 2.42. The third kappa shape index (κ3) is 3.08. The summed E-state index contributed by atoms with van der Waals surface area (Å²) in [5.41, 5.74) is 1.64. The second-order valence-corrected chi connectivity index (χ2v) is 8.25. The number of aliphatic imine (C=N–C) groups is 1. The summed E-state index contributed by atoms with van der Waals surface area (Å²) in [5, 5.41) is 20.3. The van der Waals surface area contributed by atoms with Crippen LogP contribution in [-0.2, 0) is 4.79 Å². The van der Waals surface area contributed by atoms with E-state index in [-0.39, 0.29) is 17.6 Å². The molecule has 4 rings (SSSR count). The third-order valence-electron chi connectivity index (χ3n) is 4.99. The first-order valence-corrected chi connectivity index (χ1v) is 9.89. The van der Waals surface area contributed by atoms with Crippen LogP contribution >= 0.6 is 23.6 Å². The zero-order valence-corrected chi connectivity index (χ0v) is 16.3. The maximum absolute atomic E-state index is 11.7. The number of aromatic hydroxyl groups is 1. The molecule has 1 saturated carbocycles. The van der Waals surface area contributed by atoms with Crippen molar-refractivity contribution in [3.63, 3.8) is 0 Å². The zero-order valence-electron chi connectivity index (χ0n) is 14.6. The Morgan fingerprint density at radius 1 is 1.41 bits per heavy atom. The van der Waals surface area contributed by atoms with Crippen molar-refractivity contribution < 1.29 is 19.7 Å². The number of thiazole rings is 1. The smallest absolute Gasteiger partial charge is 0.355 e. The van der Waals surface area contributed by atoms with Gasteiger partial charge in [-0.1, -0.05) is 12.8 Å². The van der Waals surface area contributed by atoms with E-state index in [1.54, 1.807) is 36.0 Å². The minimum Gasteiger partial charge on any atom is -0.497 e. The van der Waals surface area contributed by atoms with E-state index in [9.17, 15) is 15.0 Å². The molecule has 2 aromatic rings. The van der Waals surface area contributed by atoms with Gasteiger partial charge in [-0.15, -0.1) is 11.3 Å². The highest BCUT2D eigenvalue weighted by Gasteiger charge is 2.28. The summed E-state index contributed by atoms with van der Waals surface area (Å²) in [6.45, 7) is 0. The SMILES string of the molecule is COc1ccc2c(c1)N=C(C(=O)O)C2=Cc1sc(=S)n(C2CCCC2)c1O. The number of aliphatic carboxylic acids is 1. The Morgan fingerprint density at radius 2 is 2.15 bits per heavy atom. The molecule has 0 bridgehead atoms. The number of nitrogens with zero attached hydrogens (tertiary/aromatic N) is 2. The van der Waals surface area contributed by atoms with Crippen molar-refractivity contribution in [3.8, 4) is 11.6 Å². The molecule has 1 aromatic carbocycles. The van der Waals surface area contributed by atoms with Crippen molar-refractivity contribution in [2.24, 2.45) is 4.99 Å². The van der Waals surface area contributed by atoms with Crippen molar-refractivity contribution in [1.82, 2.24) is 4.57 Å². The fourth-order valence-corrected chi connectivity index (χ4v) is 5.07. The number of carboxylic acids is 1. The average molecular weight is 402 g/mol. The minimum absolute atomic E-state index is 0.0515. The number of benzene rings is 1. The first-order chi connectivity index (χ1) is 13.0. The van der Waals surface area contributed by atoms with Crippen LogP contribution in [0.5, 0.6) is 11.6 Å². The van der Waals surface area contributed by atoms with E-state index < -0.39 is 5.97 Å². The second-order valence-electron chi connectivity index (χ2n) is 6.57. The van der Waals surface area contributed by atoms with Crippen molar-refractivity contribution in [2.45, 2.75) is 31.7 Å². The van der Waals surface area contributed by atoms with Crippen LogP contribution in [0.4, 0.5) is 5.69 Å². The summed E-state index contributed by atoms with van der Waals surface area (Å²) in [7, 11) is 1.55. The number of hydrogen-bond acceptors (Lipinski definition) is 6. The van der Waals surface area contributed by atoms with Gasteiger partial charge in [-0.2, -0.15) is 0 Å². The molecule has 6 nitrogen and oxygen atoms in total. The first kappa shape index (κ1) is 17.9. The van der Waals surface area contributed by atoms with Crippen LogP contribution in [0.3, 0.4) is 0 Å². The van der Waals surface area contributed by atoms with Crippen LogP contribution in [0.25, 0.3) is 11.6 Å². The fourth-order valence-electron chi connectivity index (χ4n) is 3.68. The third-order valence-corrected chi connectivity index (χ3v) is 6.33. The van der Waals surface area contributed by atoms with Gasteiger partial charge in [0.25, 0.3) is 0 Å². The standard InChI is InChI=1S/C19H18N2O4S2/c1-25-11-6-7-12-13(16(18(23)24)20-14(12)8-11)9-15-17(22)21(19(26)27-15)10-4-2-3-5-10/h6-10,22H,2-5H2,1H3,(H,23,24). The molecule has 1 aliphatic heterocycles. The van der Waals surface area contributed by atoms with Crippen LogP contribution < -0.4 is 4.74 Å². The van der Waals surface area contributed by atoms with Gasteiger partial charge in [0.05, 0.1) is 17.7 Å². The summed E-state index contributed by atoms with van der Waals surface area (Å²) >= 11 is 6.75. The molecule has 8 heteroatoms. The Kier molecular flexibility index (Phi) is 4.61. The number of aromatic nitrogens is 1. The lowest BCUT2D eigenvalue weighted by Crippen LogP contribution is -2.11. The number of carboxylic acid groups (broad SMARTS) is 1. The normalized spacial score (nSPS) is 18.0. The molecule has 1 aromatic heterocycles. The number of hydrogen-bond donors (Lipinski definition) is 2. The molecule has 140 valence electrons. The van der Waals surface area contributed by atoms with Crippen LogP contribution in [0, 0.1) is 3.95 Å². The van der Waals surface area contributed by atoms with Gasteiger partial charge in [-0.25, -0.2) is 9.79 Å². The van der Waals surface area contributed by atoms with Crippen LogP contribution in [0.1, 0.15) is 42.2 Å². The van der Waals surface area contributed by atoms with Gasteiger partial charge in [0, 0.05) is 23.2 Å². The fraction of sp³-hybridized carbons (Fsp3) is 0.316. The number of fused-ring (bicyclic) bond motifs is 1. The van der Waals surface area contributed by atoms with Gasteiger partial charge < -0.3 is 14.9 Å². The molecule has 1 aliphatic carbocycles. The molecule has 0 unspecified atom stereocenters. The maximum atomic E-state index is 11.7. The molecule has 0 atom stereocenters. The van der Waals surface area contributed by atoms with E-state index in [0.717, 1.165) is 25.7 Å². The topological polar surface area (TPSA) is 84.0 Å². The minimum atomic E-state index is -1.12. The first-order valence-electron chi connectivity index (χ1n) is 8.66. The van der Waals surface area contributed by atoms with E-state index in [1.807, 2.05) is 0 Å².